The fraction of sp³-hybridized carbons (Fsp3) is 0.304. The summed E-state index contributed by atoms with van der Waals surface area (Å²) >= 11 is 0. The van der Waals surface area contributed by atoms with Crippen LogP contribution in [0.2, 0.25) is 0 Å². The SMILES string of the molecule is C=CC(=O)OCC(COc1ccc(C2(c3ccc(OCC(COC(=O)C=C)OC(C)(C)C(=O)C4=CC=C(C)[C@H](O)C4)cc3)c3ccccc3-c3ccccc32)cc1)OC(=O)C1CC=CCC1C(=O)O. The second-order valence-electron chi connectivity index (χ2n) is 17.6. The summed E-state index contributed by atoms with van der Waals surface area (Å²) in [7, 11) is 0. The summed E-state index contributed by atoms with van der Waals surface area (Å²) < 4.78 is 35.1. The van der Waals surface area contributed by atoms with Crippen LogP contribution in [0.4, 0.5) is 0 Å². The molecule has 0 heterocycles. The standard InChI is InChI=1S/C56H56O13/c1-6-50(58)66-32-41(68-54(63)46-17-9-8-16-45(46)53(61)62)31-64-39-26-22-37(23-27-39)56(47-18-12-10-14-43(47)44-15-11-13-19-48(44)56)38-24-28-40(29-25-38)65-33-42(34-67-51(59)7-2)69-55(4,5)52(60)36-21-20-35(3)49(57)30-36/h6-15,18-29,41-42,45-46,49,57H,1-2,16-17,30-34H2,3-5H3,(H,61,62)/t41?,42?,45?,46?,49-/m1/s1. The van der Waals surface area contributed by atoms with Gasteiger partial charge in [0.2, 0.25) is 0 Å². The molecular formula is C56H56O13. The summed E-state index contributed by atoms with van der Waals surface area (Å²) in [5.74, 6) is -4.40. The molecule has 0 radical (unpaired) electrons. The number of aliphatic hydroxyl groups is 1. The first-order valence-electron chi connectivity index (χ1n) is 22.8. The highest BCUT2D eigenvalue weighted by Gasteiger charge is 2.46. The molecule has 0 fully saturated rings. The fourth-order valence-corrected chi connectivity index (χ4v) is 9.11. The lowest BCUT2D eigenvalue weighted by molar-refractivity contribution is -0.167. The number of ether oxygens (including phenoxy) is 6. The Labute approximate surface area is 401 Å². The Morgan fingerprint density at radius 3 is 1.70 bits per heavy atom. The van der Waals surface area contributed by atoms with E-state index in [1.54, 1.807) is 45.1 Å². The van der Waals surface area contributed by atoms with Gasteiger partial charge in [-0.3, -0.25) is 14.4 Å². The van der Waals surface area contributed by atoms with Crippen LogP contribution in [0.25, 0.3) is 11.1 Å². The van der Waals surface area contributed by atoms with E-state index < -0.39 is 65.0 Å². The lowest BCUT2D eigenvalue weighted by Gasteiger charge is -2.34. The third-order valence-electron chi connectivity index (χ3n) is 12.7. The van der Waals surface area contributed by atoms with Gasteiger partial charge in [0.1, 0.15) is 49.6 Å². The number of benzene rings is 4. The lowest BCUT2D eigenvalue weighted by Crippen LogP contribution is -2.44. The Kier molecular flexibility index (Phi) is 15.6. The van der Waals surface area contributed by atoms with Gasteiger partial charge in [0.15, 0.2) is 11.9 Å². The number of esters is 3. The zero-order chi connectivity index (χ0) is 49.3. The van der Waals surface area contributed by atoms with Gasteiger partial charge in [0.25, 0.3) is 0 Å². The van der Waals surface area contributed by atoms with E-state index in [-0.39, 0.29) is 51.5 Å². The molecular weight excluding hydrogens is 881 g/mol. The monoisotopic (exact) mass is 936 g/mol. The van der Waals surface area contributed by atoms with Crippen molar-refractivity contribution in [1.29, 1.82) is 0 Å². The van der Waals surface area contributed by atoms with Crippen LogP contribution in [0.1, 0.15) is 62.3 Å². The maximum Gasteiger partial charge on any atom is 0.330 e. The number of Topliss-reactive ketones (excluding diaryl/α,β-unsaturated/α-hetero) is 1. The summed E-state index contributed by atoms with van der Waals surface area (Å²) in [5.41, 5.74) is 5.12. The molecule has 0 spiro atoms. The van der Waals surface area contributed by atoms with Crippen LogP contribution >= 0.6 is 0 Å². The molecule has 4 unspecified atom stereocenters. The molecule has 358 valence electrons. The first-order chi connectivity index (χ1) is 33.2. The summed E-state index contributed by atoms with van der Waals surface area (Å²) in [5, 5.41) is 20.2. The number of aliphatic hydroxyl groups excluding tert-OH is 1. The van der Waals surface area contributed by atoms with Crippen molar-refractivity contribution in [2.24, 2.45) is 11.8 Å². The highest BCUT2D eigenvalue weighted by molar-refractivity contribution is 6.02. The van der Waals surface area contributed by atoms with E-state index in [1.807, 2.05) is 72.8 Å². The Morgan fingerprint density at radius 1 is 0.696 bits per heavy atom. The highest BCUT2D eigenvalue weighted by Crippen LogP contribution is 2.56. The Bertz CT molecular complexity index is 2630. The number of fused-ring (bicyclic) bond motifs is 3. The predicted octanol–water partition coefficient (Wildman–Crippen LogP) is 8.21. The summed E-state index contributed by atoms with van der Waals surface area (Å²) in [4.78, 5) is 63.0. The van der Waals surface area contributed by atoms with Gasteiger partial charge in [-0.25, -0.2) is 9.59 Å². The normalized spacial score (nSPS) is 18.7. The summed E-state index contributed by atoms with van der Waals surface area (Å²) in [6, 6.07) is 31.7. The van der Waals surface area contributed by atoms with Gasteiger partial charge >= 0.3 is 23.9 Å². The van der Waals surface area contributed by atoms with Crippen molar-refractivity contribution < 1.29 is 62.6 Å². The van der Waals surface area contributed by atoms with E-state index in [2.05, 4.69) is 37.4 Å². The third-order valence-corrected chi connectivity index (χ3v) is 12.7. The van der Waals surface area contributed by atoms with Crippen molar-refractivity contribution in [2.75, 3.05) is 26.4 Å². The number of carbonyl (C=O) groups excluding carboxylic acids is 4. The van der Waals surface area contributed by atoms with Gasteiger partial charge in [-0.1, -0.05) is 110 Å². The molecule has 0 aliphatic heterocycles. The van der Waals surface area contributed by atoms with Crippen molar-refractivity contribution in [3.8, 4) is 22.6 Å². The van der Waals surface area contributed by atoms with Crippen molar-refractivity contribution in [2.45, 2.75) is 69.4 Å². The number of rotatable bonds is 21. The van der Waals surface area contributed by atoms with Crippen molar-refractivity contribution in [3.05, 3.63) is 180 Å². The molecule has 0 saturated carbocycles. The molecule has 0 amide bonds. The van der Waals surface area contributed by atoms with Gasteiger partial charge in [0, 0.05) is 24.1 Å². The van der Waals surface area contributed by atoms with Crippen LogP contribution in [-0.2, 0) is 48.3 Å². The van der Waals surface area contributed by atoms with Gasteiger partial charge in [-0.2, -0.15) is 0 Å². The van der Waals surface area contributed by atoms with E-state index in [4.69, 9.17) is 28.4 Å². The minimum absolute atomic E-state index is 0.0725. The van der Waals surface area contributed by atoms with Crippen LogP contribution in [-0.4, -0.2) is 90.2 Å². The number of ketones is 1. The molecule has 3 aliphatic rings. The van der Waals surface area contributed by atoms with E-state index in [9.17, 15) is 34.2 Å². The molecule has 4 aromatic carbocycles. The number of aliphatic carboxylic acids is 1. The minimum atomic E-state index is -1.35. The van der Waals surface area contributed by atoms with Gasteiger partial charge in [-0.05, 0) is 96.8 Å². The number of allylic oxidation sites excluding steroid dienone is 4. The second-order valence-corrected chi connectivity index (χ2v) is 17.6. The minimum Gasteiger partial charge on any atom is -0.491 e. The average molecular weight is 937 g/mol. The predicted molar refractivity (Wildman–Crippen MR) is 256 cm³/mol. The Hall–Kier alpha value is -7.35. The van der Waals surface area contributed by atoms with Crippen LogP contribution in [0.3, 0.4) is 0 Å². The van der Waals surface area contributed by atoms with E-state index >= 15 is 0 Å². The lowest BCUT2D eigenvalue weighted by atomic mass is 9.68. The Balaban J connectivity index is 1.13. The second kappa shape index (κ2) is 21.7. The molecule has 4 aromatic rings. The molecule has 7 rings (SSSR count). The van der Waals surface area contributed by atoms with Crippen molar-refractivity contribution in [3.63, 3.8) is 0 Å². The number of carboxylic acid groups (broad SMARTS) is 1. The number of hydrogen-bond acceptors (Lipinski definition) is 12. The van der Waals surface area contributed by atoms with E-state index in [1.165, 1.54) is 0 Å². The molecule has 3 aliphatic carbocycles. The van der Waals surface area contributed by atoms with Crippen LogP contribution in [0.5, 0.6) is 11.5 Å². The number of carboxylic acids is 1. The smallest absolute Gasteiger partial charge is 0.330 e. The third kappa shape index (κ3) is 11.0. The maximum absolute atomic E-state index is 13.6. The first kappa shape index (κ1) is 49.6. The Morgan fingerprint density at radius 2 is 1.19 bits per heavy atom. The molecule has 0 aromatic heterocycles. The van der Waals surface area contributed by atoms with Gasteiger partial charge in [-0.15, -0.1) is 0 Å². The molecule has 13 nitrogen and oxygen atoms in total. The van der Waals surface area contributed by atoms with E-state index in [0.717, 1.165) is 51.1 Å². The summed E-state index contributed by atoms with van der Waals surface area (Å²) in [6.07, 6.45) is 6.82. The molecule has 2 N–H and O–H groups in total. The topological polar surface area (TPSA) is 181 Å². The van der Waals surface area contributed by atoms with Gasteiger partial charge in [0.05, 0.1) is 23.4 Å². The van der Waals surface area contributed by atoms with Crippen LogP contribution in [0.15, 0.2) is 158 Å². The zero-order valence-electron chi connectivity index (χ0n) is 38.8. The maximum atomic E-state index is 13.6. The molecule has 0 saturated heterocycles. The fourth-order valence-electron chi connectivity index (χ4n) is 9.11. The largest absolute Gasteiger partial charge is 0.491 e. The molecule has 5 atom stereocenters. The van der Waals surface area contributed by atoms with Crippen LogP contribution in [0, 0.1) is 11.8 Å². The molecule has 69 heavy (non-hydrogen) atoms. The number of hydrogen-bond donors (Lipinski definition) is 2. The van der Waals surface area contributed by atoms with Crippen molar-refractivity contribution in [1.82, 2.24) is 0 Å². The summed E-state index contributed by atoms with van der Waals surface area (Å²) in [6.45, 7) is 11.2. The highest BCUT2D eigenvalue weighted by atomic mass is 16.6. The van der Waals surface area contributed by atoms with Crippen molar-refractivity contribution >= 4 is 29.7 Å². The molecule has 0 bridgehead atoms. The first-order valence-corrected chi connectivity index (χ1v) is 22.8. The zero-order valence-corrected chi connectivity index (χ0v) is 38.8. The average Bonchev–Trinajstić information content (AvgIpc) is 3.67. The number of carbonyl (C=O) groups is 5. The van der Waals surface area contributed by atoms with Crippen LogP contribution < -0.4 is 9.47 Å². The van der Waals surface area contributed by atoms with Gasteiger partial charge < -0.3 is 38.6 Å². The van der Waals surface area contributed by atoms with E-state index in [0.29, 0.717) is 17.1 Å². The molecule has 13 heteroatoms. The quantitative estimate of drug-likeness (QED) is 0.0311.